The van der Waals surface area contributed by atoms with E-state index in [9.17, 15) is 4.79 Å². The first-order valence-corrected chi connectivity index (χ1v) is 8.02. The fourth-order valence-corrected chi connectivity index (χ4v) is 4.16. The highest BCUT2D eigenvalue weighted by molar-refractivity contribution is 6.03. The van der Waals surface area contributed by atoms with Crippen LogP contribution in [0.3, 0.4) is 0 Å². The van der Waals surface area contributed by atoms with Crippen LogP contribution in [0.5, 0.6) is 0 Å². The second kappa shape index (κ2) is 4.02. The third kappa shape index (κ3) is 1.46. The van der Waals surface area contributed by atoms with E-state index in [1.54, 1.807) is 0 Å². The summed E-state index contributed by atoms with van der Waals surface area (Å²) in [5, 5.41) is 0. The molecule has 0 N–H and O–H groups in total. The highest BCUT2D eigenvalue weighted by Gasteiger charge is 2.49. The number of fused-ring (bicyclic) bond motifs is 8. The van der Waals surface area contributed by atoms with Gasteiger partial charge in [-0.15, -0.1) is 0 Å². The average molecular weight is 303 g/mol. The molecule has 0 aliphatic carbocycles. The van der Waals surface area contributed by atoms with Crippen LogP contribution in [0.4, 0.5) is 5.69 Å². The van der Waals surface area contributed by atoms with Crippen molar-refractivity contribution in [1.82, 2.24) is 9.55 Å². The predicted molar refractivity (Wildman–Crippen MR) is 90.3 cm³/mol. The highest BCUT2D eigenvalue weighted by atomic mass is 16.2. The maximum atomic E-state index is 12.6. The van der Waals surface area contributed by atoms with Gasteiger partial charge in [0, 0.05) is 12.0 Å². The minimum atomic E-state index is -0.370. The Morgan fingerprint density at radius 2 is 2.00 bits per heavy atom. The lowest BCUT2D eigenvalue weighted by Gasteiger charge is -2.42. The zero-order valence-corrected chi connectivity index (χ0v) is 13.2. The van der Waals surface area contributed by atoms with E-state index in [0.717, 1.165) is 34.5 Å². The lowest BCUT2D eigenvalue weighted by atomic mass is 9.99. The molecule has 1 saturated heterocycles. The van der Waals surface area contributed by atoms with Gasteiger partial charge in [0.15, 0.2) is 0 Å². The summed E-state index contributed by atoms with van der Waals surface area (Å²) >= 11 is 0. The molecule has 0 bridgehead atoms. The van der Waals surface area contributed by atoms with Gasteiger partial charge in [-0.05, 0) is 44.5 Å². The minimum Gasteiger partial charge on any atom is -0.300 e. The fraction of sp³-hybridized carbons (Fsp3) is 0.263. The number of rotatable bonds is 0. The zero-order valence-electron chi connectivity index (χ0n) is 13.2. The Kier molecular flexibility index (Phi) is 2.25. The summed E-state index contributed by atoms with van der Waals surface area (Å²) in [5.41, 5.74) is 4.93. The van der Waals surface area contributed by atoms with Crippen molar-refractivity contribution >= 4 is 22.6 Å². The molecule has 1 unspecified atom stereocenters. The topological polar surface area (TPSA) is 38.1 Å². The highest BCUT2D eigenvalue weighted by Crippen LogP contribution is 2.50. The van der Waals surface area contributed by atoms with E-state index < -0.39 is 0 Å². The molecule has 5 rings (SSSR count). The van der Waals surface area contributed by atoms with Gasteiger partial charge in [0.2, 0.25) is 5.91 Å². The molecule has 1 amide bonds. The number of carbonyl (C=O) groups excluding carboxylic acids is 1. The summed E-state index contributed by atoms with van der Waals surface area (Å²) in [6, 6.07) is 14.5. The van der Waals surface area contributed by atoms with Gasteiger partial charge < -0.3 is 0 Å². The van der Waals surface area contributed by atoms with Crippen LogP contribution in [0.15, 0.2) is 42.5 Å². The summed E-state index contributed by atoms with van der Waals surface area (Å²) in [6.45, 7) is 4.23. The molecule has 3 aromatic rings. The van der Waals surface area contributed by atoms with E-state index in [1.165, 1.54) is 5.56 Å². The summed E-state index contributed by atoms with van der Waals surface area (Å²) in [7, 11) is 0. The summed E-state index contributed by atoms with van der Waals surface area (Å²) in [5.74, 6) is 1.17. The van der Waals surface area contributed by atoms with Crippen molar-refractivity contribution < 1.29 is 4.79 Å². The summed E-state index contributed by atoms with van der Waals surface area (Å²) < 4.78 is 2.26. The van der Waals surface area contributed by atoms with E-state index in [2.05, 4.69) is 42.7 Å². The molecule has 3 heterocycles. The van der Waals surface area contributed by atoms with Crippen LogP contribution in [0.25, 0.3) is 22.4 Å². The second-order valence-electron chi connectivity index (χ2n) is 6.73. The van der Waals surface area contributed by atoms with Gasteiger partial charge in [-0.1, -0.05) is 23.8 Å². The number of imidazole rings is 1. The third-order valence-electron chi connectivity index (χ3n) is 5.22. The SMILES string of the molecule is Cc1ccc2c(c1)-c1nc3ccccc3n1C1(C)CCC(=O)N21. The standard InChI is InChI=1S/C19H17N3O/c1-12-7-8-15-13(11-12)18-20-14-5-3-4-6-16(14)22(18)19(2)10-9-17(23)21(15)19/h3-8,11H,9-10H2,1-2H3. The van der Waals surface area contributed by atoms with Crippen LogP contribution in [0.1, 0.15) is 25.3 Å². The van der Waals surface area contributed by atoms with Gasteiger partial charge in [-0.25, -0.2) is 4.98 Å². The zero-order chi connectivity index (χ0) is 15.8. The Morgan fingerprint density at radius 3 is 2.87 bits per heavy atom. The Hall–Kier alpha value is -2.62. The molecule has 1 atom stereocenters. The maximum absolute atomic E-state index is 12.6. The van der Waals surface area contributed by atoms with Crippen LogP contribution in [-0.4, -0.2) is 15.5 Å². The minimum absolute atomic E-state index is 0.195. The largest absolute Gasteiger partial charge is 0.300 e. The molecule has 2 aromatic carbocycles. The van der Waals surface area contributed by atoms with Crippen LogP contribution in [0, 0.1) is 6.92 Å². The quantitative estimate of drug-likeness (QED) is 0.633. The number of hydrogen-bond donors (Lipinski definition) is 0. The third-order valence-corrected chi connectivity index (χ3v) is 5.22. The van der Waals surface area contributed by atoms with E-state index in [1.807, 2.05) is 23.1 Å². The molecule has 4 nitrogen and oxygen atoms in total. The van der Waals surface area contributed by atoms with Crippen LogP contribution >= 0.6 is 0 Å². The van der Waals surface area contributed by atoms with Gasteiger partial charge >= 0.3 is 0 Å². The van der Waals surface area contributed by atoms with Crippen molar-refractivity contribution in [2.24, 2.45) is 0 Å². The number of benzene rings is 2. The van der Waals surface area contributed by atoms with E-state index >= 15 is 0 Å². The second-order valence-corrected chi connectivity index (χ2v) is 6.73. The van der Waals surface area contributed by atoms with Crippen molar-refractivity contribution in [3.63, 3.8) is 0 Å². The number of hydrogen-bond acceptors (Lipinski definition) is 2. The molecular weight excluding hydrogens is 286 g/mol. The van der Waals surface area contributed by atoms with Gasteiger partial charge in [0.1, 0.15) is 11.5 Å². The predicted octanol–water partition coefficient (Wildman–Crippen LogP) is 3.82. The molecule has 114 valence electrons. The molecule has 4 heteroatoms. The van der Waals surface area contributed by atoms with E-state index in [-0.39, 0.29) is 11.6 Å². The Balaban J connectivity index is 1.97. The molecule has 1 fully saturated rings. The Morgan fingerprint density at radius 1 is 1.17 bits per heavy atom. The van der Waals surface area contributed by atoms with Crippen molar-refractivity contribution in [3.05, 3.63) is 48.0 Å². The summed E-state index contributed by atoms with van der Waals surface area (Å²) in [6.07, 6.45) is 1.39. The number of anilines is 1. The molecule has 2 aliphatic rings. The van der Waals surface area contributed by atoms with Gasteiger partial charge in [0.05, 0.1) is 16.7 Å². The van der Waals surface area contributed by atoms with Gasteiger partial charge in [0.25, 0.3) is 0 Å². The number of amides is 1. The van der Waals surface area contributed by atoms with Crippen LogP contribution in [-0.2, 0) is 10.5 Å². The molecule has 23 heavy (non-hydrogen) atoms. The molecule has 2 aliphatic heterocycles. The lowest BCUT2D eigenvalue weighted by molar-refractivity contribution is -0.117. The smallest absolute Gasteiger partial charge is 0.229 e. The van der Waals surface area contributed by atoms with Crippen molar-refractivity contribution in [2.45, 2.75) is 32.4 Å². The summed E-state index contributed by atoms with van der Waals surface area (Å²) in [4.78, 5) is 19.5. The Labute approximate surface area is 134 Å². The monoisotopic (exact) mass is 303 g/mol. The molecule has 0 saturated carbocycles. The van der Waals surface area contributed by atoms with Gasteiger partial charge in [-0.3, -0.25) is 14.3 Å². The molecular formula is C19H17N3O. The number of carbonyl (C=O) groups is 1. The Bertz CT molecular complexity index is 987. The molecule has 0 spiro atoms. The van der Waals surface area contributed by atoms with E-state index in [4.69, 9.17) is 4.98 Å². The molecule has 1 aromatic heterocycles. The first-order chi connectivity index (χ1) is 11.1. The number of nitrogens with zero attached hydrogens (tertiary/aromatic N) is 3. The first kappa shape index (κ1) is 12.9. The normalized spacial score (nSPS) is 22.2. The molecule has 0 radical (unpaired) electrons. The van der Waals surface area contributed by atoms with Gasteiger partial charge in [-0.2, -0.15) is 0 Å². The van der Waals surface area contributed by atoms with Crippen LogP contribution in [0.2, 0.25) is 0 Å². The van der Waals surface area contributed by atoms with Crippen LogP contribution < -0.4 is 4.90 Å². The van der Waals surface area contributed by atoms with Crippen molar-refractivity contribution in [1.29, 1.82) is 0 Å². The fourth-order valence-electron chi connectivity index (χ4n) is 4.16. The van der Waals surface area contributed by atoms with Crippen molar-refractivity contribution in [2.75, 3.05) is 4.90 Å². The first-order valence-electron chi connectivity index (χ1n) is 8.02. The number of aromatic nitrogens is 2. The number of para-hydroxylation sites is 2. The van der Waals surface area contributed by atoms with Crippen molar-refractivity contribution in [3.8, 4) is 11.4 Å². The van der Waals surface area contributed by atoms with E-state index in [0.29, 0.717) is 6.42 Å². The lowest BCUT2D eigenvalue weighted by Crippen LogP contribution is -2.48. The average Bonchev–Trinajstić information content (AvgIpc) is 3.07. The number of aryl methyl sites for hydroxylation is 1. The maximum Gasteiger partial charge on any atom is 0.229 e.